The van der Waals surface area contributed by atoms with E-state index in [2.05, 4.69) is 81.8 Å². The monoisotopic (exact) mass is 485 g/mol. The van der Waals surface area contributed by atoms with Crippen molar-refractivity contribution in [3.63, 3.8) is 0 Å². The number of aryl methyl sites for hydroxylation is 1. The number of likely N-dealkylation sites (N-methyl/N-ethyl adjacent to an activating group) is 1. The highest BCUT2D eigenvalue weighted by atomic mass is 127. The lowest BCUT2D eigenvalue weighted by Crippen LogP contribution is -2.43. The van der Waals surface area contributed by atoms with Gasteiger partial charge in [-0.3, -0.25) is 9.89 Å². The minimum Gasteiger partial charge on any atom is -0.354 e. The highest BCUT2D eigenvalue weighted by Gasteiger charge is 2.18. The van der Waals surface area contributed by atoms with Crippen LogP contribution in [-0.2, 0) is 13.1 Å². The minimum absolute atomic E-state index is 0. The number of halogens is 1. The summed E-state index contributed by atoms with van der Waals surface area (Å²) in [5.41, 5.74) is 1.31. The Bertz CT molecular complexity index is 668. The number of hydrogen-bond acceptors (Lipinski definition) is 4. The number of benzene rings is 1. The van der Waals surface area contributed by atoms with Crippen molar-refractivity contribution in [2.45, 2.75) is 39.9 Å². The Kier molecular flexibility index (Phi) is 11.0. The zero-order valence-corrected chi connectivity index (χ0v) is 19.1. The van der Waals surface area contributed by atoms with E-state index < -0.39 is 0 Å². The number of guanidine groups is 1. The third kappa shape index (κ3) is 6.76. The molecule has 0 aliphatic carbocycles. The maximum atomic E-state index is 4.34. The lowest BCUT2D eigenvalue weighted by atomic mass is 10.1. The molecule has 0 fully saturated rings. The van der Waals surface area contributed by atoms with Crippen LogP contribution in [0.5, 0.6) is 0 Å². The van der Waals surface area contributed by atoms with Gasteiger partial charge in [0.2, 0.25) is 0 Å². The molecule has 2 N–H and O–H groups in total. The quantitative estimate of drug-likeness (QED) is 0.325. The van der Waals surface area contributed by atoms with Gasteiger partial charge in [-0.1, -0.05) is 44.2 Å². The van der Waals surface area contributed by atoms with Crippen molar-refractivity contribution in [3.8, 4) is 0 Å². The molecule has 0 amide bonds. The van der Waals surface area contributed by atoms with Gasteiger partial charge in [0.15, 0.2) is 11.8 Å². The van der Waals surface area contributed by atoms with Crippen LogP contribution in [-0.4, -0.2) is 52.3 Å². The Morgan fingerprint density at radius 1 is 1.15 bits per heavy atom. The molecule has 2 rings (SSSR count). The van der Waals surface area contributed by atoms with Crippen molar-refractivity contribution < 1.29 is 0 Å². The molecule has 7 nitrogen and oxygen atoms in total. The van der Waals surface area contributed by atoms with E-state index in [-0.39, 0.29) is 24.0 Å². The summed E-state index contributed by atoms with van der Waals surface area (Å²) in [5.74, 6) is 1.67. The maximum absolute atomic E-state index is 4.34. The number of aliphatic imine (C=N–C) groups is 1. The first kappa shape index (κ1) is 23.4. The number of nitrogens with zero attached hydrogens (tertiary/aromatic N) is 5. The summed E-state index contributed by atoms with van der Waals surface area (Å²) in [6.07, 6.45) is 1.75. The predicted octanol–water partition coefficient (Wildman–Crippen LogP) is 2.66. The molecule has 2 aromatic rings. The van der Waals surface area contributed by atoms with E-state index in [0.717, 1.165) is 38.0 Å². The van der Waals surface area contributed by atoms with Crippen LogP contribution in [0.15, 0.2) is 41.7 Å². The molecule has 1 aromatic heterocycles. The van der Waals surface area contributed by atoms with E-state index >= 15 is 0 Å². The summed E-state index contributed by atoms with van der Waals surface area (Å²) >= 11 is 0. The van der Waals surface area contributed by atoms with Crippen LogP contribution in [0.1, 0.15) is 38.2 Å². The van der Waals surface area contributed by atoms with E-state index in [0.29, 0.717) is 12.6 Å². The van der Waals surface area contributed by atoms with Gasteiger partial charge >= 0.3 is 0 Å². The van der Waals surface area contributed by atoms with Crippen LogP contribution in [0.3, 0.4) is 0 Å². The van der Waals surface area contributed by atoms with Gasteiger partial charge in [0, 0.05) is 20.1 Å². The van der Waals surface area contributed by atoms with Crippen molar-refractivity contribution in [2.24, 2.45) is 4.99 Å². The summed E-state index contributed by atoms with van der Waals surface area (Å²) in [6, 6.07) is 10.9. The van der Waals surface area contributed by atoms with Crippen LogP contribution < -0.4 is 10.6 Å². The molecular formula is C19H32IN7. The van der Waals surface area contributed by atoms with Crippen LogP contribution in [0.4, 0.5) is 0 Å². The Balaban J connectivity index is 0.00000364. The maximum Gasteiger partial charge on any atom is 0.191 e. The first-order valence-electron chi connectivity index (χ1n) is 9.33. The second-order valence-electron chi connectivity index (χ2n) is 5.99. The Morgan fingerprint density at radius 2 is 1.85 bits per heavy atom. The molecule has 8 heteroatoms. The summed E-state index contributed by atoms with van der Waals surface area (Å²) in [5, 5.41) is 14.9. The molecule has 0 aliphatic rings. The van der Waals surface area contributed by atoms with Crippen LogP contribution in [0, 0.1) is 0 Å². The first-order valence-corrected chi connectivity index (χ1v) is 9.33. The smallest absolute Gasteiger partial charge is 0.191 e. The number of rotatable bonds is 9. The molecule has 1 unspecified atom stereocenters. The fourth-order valence-electron chi connectivity index (χ4n) is 3.05. The van der Waals surface area contributed by atoms with Gasteiger partial charge in [-0.25, -0.2) is 0 Å². The van der Waals surface area contributed by atoms with E-state index in [1.54, 1.807) is 13.4 Å². The van der Waals surface area contributed by atoms with Gasteiger partial charge in [0.1, 0.15) is 6.33 Å². The van der Waals surface area contributed by atoms with Gasteiger partial charge < -0.3 is 15.2 Å². The van der Waals surface area contributed by atoms with Crippen LogP contribution >= 0.6 is 24.0 Å². The summed E-state index contributed by atoms with van der Waals surface area (Å²) in [6.45, 7) is 10.7. The zero-order chi connectivity index (χ0) is 18.8. The molecular weight excluding hydrogens is 453 g/mol. The van der Waals surface area contributed by atoms with Crippen molar-refractivity contribution in [1.82, 2.24) is 30.3 Å². The third-order valence-electron chi connectivity index (χ3n) is 4.57. The van der Waals surface area contributed by atoms with Crippen molar-refractivity contribution in [3.05, 3.63) is 48.0 Å². The summed E-state index contributed by atoms with van der Waals surface area (Å²) < 4.78 is 2.02. The van der Waals surface area contributed by atoms with Gasteiger partial charge in [0.05, 0.1) is 12.6 Å². The van der Waals surface area contributed by atoms with E-state index in [1.807, 2.05) is 4.57 Å². The SMILES string of the molecule is CCN(CC)C(CNC(=NC)NCc1nncn1CC)c1ccccc1.I. The molecule has 0 saturated carbocycles. The summed E-state index contributed by atoms with van der Waals surface area (Å²) in [4.78, 5) is 6.79. The van der Waals surface area contributed by atoms with E-state index in [1.165, 1.54) is 5.56 Å². The highest BCUT2D eigenvalue weighted by Crippen LogP contribution is 2.19. The van der Waals surface area contributed by atoms with E-state index in [9.17, 15) is 0 Å². The minimum atomic E-state index is 0. The van der Waals surface area contributed by atoms with Crippen molar-refractivity contribution in [2.75, 3.05) is 26.7 Å². The fourth-order valence-corrected chi connectivity index (χ4v) is 3.05. The van der Waals surface area contributed by atoms with Gasteiger partial charge in [-0.15, -0.1) is 34.2 Å². The molecule has 1 heterocycles. The molecule has 1 aromatic carbocycles. The molecule has 0 saturated heterocycles. The largest absolute Gasteiger partial charge is 0.354 e. The normalized spacial score (nSPS) is 12.6. The predicted molar refractivity (Wildman–Crippen MR) is 121 cm³/mol. The average Bonchev–Trinajstić information content (AvgIpc) is 3.15. The molecule has 27 heavy (non-hydrogen) atoms. The Labute approximate surface area is 179 Å². The topological polar surface area (TPSA) is 70.4 Å². The van der Waals surface area contributed by atoms with E-state index in [4.69, 9.17) is 0 Å². The van der Waals surface area contributed by atoms with Crippen molar-refractivity contribution in [1.29, 1.82) is 0 Å². The lowest BCUT2D eigenvalue weighted by Gasteiger charge is -2.30. The molecule has 0 spiro atoms. The van der Waals surface area contributed by atoms with Gasteiger partial charge in [-0.2, -0.15) is 0 Å². The molecule has 150 valence electrons. The second kappa shape index (κ2) is 12.7. The lowest BCUT2D eigenvalue weighted by molar-refractivity contribution is 0.219. The Hall–Kier alpha value is -1.68. The molecule has 0 bridgehead atoms. The first-order chi connectivity index (χ1) is 12.7. The average molecular weight is 485 g/mol. The fraction of sp³-hybridized carbons (Fsp3) is 0.526. The van der Waals surface area contributed by atoms with Gasteiger partial charge in [0.25, 0.3) is 0 Å². The third-order valence-corrected chi connectivity index (χ3v) is 4.57. The standard InChI is InChI=1S/C19H31N7.HI/c1-5-25(6-2)17(16-11-9-8-10-12-16)13-21-19(20-4)22-14-18-24-23-15-26(18)7-3;/h8-12,15,17H,5-7,13-14H2,1-4H3,(H2,20,21,22);1H. The highest BCUT2D eigenvalue weighted by molar-refractivity contribution is 14.0. The van der Waals surface area contributed by atoms with Crippen LogP contribution in [0.25, 0.3) is 0 Å². The number of hydrogen-bond donors (Lipinski definition) is 2. The Morgan fingerprint density at radius 3 is 2.44 bits per heavy atom. The number of aromatic nitrogens is 3. The molecule has 1 atom stereocenters. The molecule has 0 aliphatic heterocycles. The summed E-state index contributed by atoms with van der Waals surface area (Å²) in [7, 11) is 1.79. The van der Waals surface area contributed by atoms with Crippen LogP contribution in [0.2, 0.25) is 0 Å². The number of nitrogens with one attached hydrogen (secondary N) is 2. The second-order valence-corrected chi connectivity index (χ2v) is 5.99. The van der Waals surface area contributed by atoms with Crippen molar-refractivity contribution >= 4 is 29.9 Å². The molecule has 0 radical (unpaired) electrons. The van der Waals surface area contributed by atoms with Gasteiger partial charge in [-0.05, 0) is 25.6 Å². The zero-order valence-electron chi connectivity index (χ0n) is 16.7.